The van der Waals surface area contributed by atoms with E-state index in [0.717, 1.165) is 10.8 Å². The van der Waals surface area contributed by atoms with E-state index in [0.29, 0.717) is 33.0 Å². The Kier molecular flexibility index (Phi) is 4.18. The average molecular weight is 419 g/mol. The number of fused-ring (bicyclic) bond motifs is 3. The largest absolute Gasteiger partial charge is 0.271 e. The second kappa shape index (κ2) is 6.89. The van der Waals surface area contributed by atoms with Crippen molar-refractivity contribution in [3.05, 3.63) is 93.9 Å². The summed E-state index contributed by atoms with van der Waals surface area (Å²) in [5.41, 5.74) is 3.19. The molecule has 6 nitrogen and oxygen atoms in total. The van der Waals surface area contributed by atoms with Gasteiger partial charge in [-0.2, -0.15) is 5.10 Å². The quantitative estimate of drug-likeness (QED) is 0.268. The Bertz CT molecular complexity index is 1450. The number of pyridine rings is 1. The first kappa shape index (κ1) is 18.2. The second-order valence-corrected chi connectivity index (χ2v) is 7.16. The van der Waals surface area contributed by atoms with E-state index in [-0.39, 0.29) is 11.5 Å². The molecule has 0 amide bonds. The maximum absolute atomic E-state index is 13.4. The molecular formula is C22H12ClFN4O2. The van der Waals surface area contributed by atoms with Crippen molar-refractivity contribution in [3.8, 4) is 16.9 Å². The molecule has 0 spiro atoms. The molecule has 0 aliphatic heterocycles. The van der Waals surface area contributed by atoms with Crippen LogP contribution in [0.2, 0.25) is 5.02 Å². The van der Waals surface area contributed by atoms with Crippen molar-refractivity contribution in [1.29, 1.82) is 0 Å². The highest BCUT2D eigenvalue weighted by atomic mass is 35.5. The molecule has 2 aromatic heterocycles. The van der Waals surface area contributed by atoms with Gasteiger partial charge in [-0.05, 0) is 48.5 Å². The lowest BCUT2D eigenvalue weighted by Gasteiger charge is -2.06. The summed E-state index contributed by atoms with van der Waals surface area (Å²) < 4.78 is 15.1. The molecule has 8 heteroatoms. The Morgan fingerprint density at radius 1 is 1.00 bits per heavy atom. The summed E-state index contributed by atoms with van der Waals surface area (Å²) in [4.78, 5) is 15.3. The van der Waals surface area contributed by atoms with E-state index in [1.165, 1.54) is 24.3 Å². The van der Waals surface area contributed by atoms with Gasteiger partial charge in [-0.15, -0.1) is 0 Å². The first-order chi connectivity index (χ1) is 14.5. The Hall–Kier alpha value is -3.84. The van der Waals surface area contributed by atoms with Crippen LogP contribution in [0.5, 0.6) is 0 Å². The molecule has 3 aromatic carbocycles. The van der Waals surface area contributed by atoms with Crippen molar-refractivity contribution in [2.24, 2.45) is 0 Å². The summed E-state index contributed by atoms with van der Waals surface area (Å²) in [5.74, 6) is -0.350. The monoisotopic (exact) mass is 418 g/mol. The number of nitro groups is 1. The molecular weight excluding hydrogens is 407 g/mol. The third-order valence-corrected chi connectivity index (χ3v) is 5.11. The Morgan fingerprint density at radius 2 is 1.80 bits per heavy atom. The Morgan fingerprint density at radius 3 is 2.57 bits per heavy atom. The van der Waals surface area contributed by atoms with Crippen LogP contribution in [0.3, 0.4) is 0 Å². The van der Waals surface area contributed by atoms with Crippen LogP contribution in [0.15, 0.2) is 72.9 Å². The zero-order valence-electron chi connectivity index (χ0n) is 15.3. The van der Waals surface area contributed by atoms with Crippen LogP contribution in [0.4, 0.5) is 10.1 Å². The first-order valence-corrected chi connectivity index (χ1v) is 9.37. The third kappa shape index (κ3) is 2.96. The standard InChI is InChI=1S/C22H12ClFN4O2/c23-14-6-9-20-18(10-14)22-19(12-25-20)21(13-4-7-15(24)8-5-13)26-27(22)16-2-1-3-17(11-16)28(29)30/h1-12H. The highest BCUT2D eigenvalue weighted by molar-refractivity contribution is 6.31. The maximum Gasteiger partial charge on any atom is 0.271 e. The van der Waals surface area contributed by atoms with Gasteiger partial charge in [0, 0.05) is 39.7 Å². The molecule has 0 fully saturated rings. The normalized spacial score (nSPS) is 11.3. The lowest BCUT2D eigenvalue weighted by molar-refractivity contribution is -0.384. The van der Waals surface area contributed by atoms with Crippen LogP contribution < -0.4 is 0 Å². The number of non-ortho nitro benzene ring substituents is 1. The van der Waals surface area contributed by atoms with E-state index in [9.17, 15) is 14.5 Å². The number of benzene rings is 3. The van der Waals surface area contributed by atoms with Crippen molar-refractivity contribution in [2.75, 3.05) is 0 Å². The predicted octanol–water partition coefficient (Wildman–Crippen LogP) is 5.94. The van der Waals surface area contributed by atoms with Gasteiger partial charge in [0.05, 0.1) is 21.6 Å². The summed E-state index contributed by atoms with van der Waals surface area (Å²) in [5, 5.41) is 18.0. The first-order valence-electron chi connectivity index (χ1n) is 8.99. The zero-order valence-corrected chi connectivity index (χ0v) is 16.0. The smallest absolute Gasteiger partial charge is 0.258 e. The van der Waals surface area contributed by atoms with E-state index in [2.05, 4.69) is 4.98 Å². The van der Waals surface area contributed by atoms with Crippen LogP contribution in [0, 0.1) is 15.9 Å². The van der Waals surface area contributed by atoms with Crippen LogP contribution in [0.25, 0.3) is 38.8 Å². The van der Waals surface area contributed by atoms with Crippen LogP contribution in [-0.4, -0.2) is 19.7 Å². The molecule has 0 aliphatic carbocycles. The number of rotatable bonds is 3. The summed E-state index contributed by atoms with van der Waals surface area (Å²) >= 11 is 6.24. The van der Waals surface area contributed by atoms with Crippen LogP contribution in [-0.2, 0) is 0 Å². The van der Waals surface area contributed by atoms with E-state index in [1.54, 1.807) is 53.3 Å². The van der Waals surface area contributed by atoms with Gasteiger partial charge < -0.3 is 0 Å². The van der Waals surface area contributed by atoms with Gasteiger partial charge in [0.25, 0.3) is 5.69 Å². The number of aromatic nitrogens is 3. The van der Waals surface area contributed by atoms with Crippen molar-refractivity contribution in [3.63, 3.8) is 0 Å². The number of nitrogens with zero attached hydrogens (tertiary/aromatic N) is 4. The van der Waals surface area contributed by atoms with E-state index in [4.69, 9.17) is 16.7 Å². The predicted molar refractivity (Wildman–Crippen MR) is 113 cm³/mol. The summed E-state index contributed by atoms with van der Waals surface area (Å²) in [6.45, 7) is 0. The minimum atomic E-state index is -0.452. The van der Waals surface area contributed by atoms with Gasteiger partial charge in [-0.1, -0.05) is 17.7 Å². The van der Waals surface area contributed by atoms with Crippen molar-refractivity contribution >= 4 is 39.1 Å². The Labute approximate surface area is 174 Å². The van der Waals surface area contributed by atoms with E-state index >= 15 is 0 Å². The molecule has 0 bridgehead atoms. The van der Waals surface area contributed by atoms with Gasteiger partial charge in [0.1, 0.15) is 11.5 Å². The molecule has 146 valence electrons. The fraction of sp³-hybridized carbons (Fsp3) is 0. The van der Waals surface area contributed by atoms with Crippen LogP contribution >= 0.6 is 11.6 Å². The highest BCUT2D eigenvalue weighted by Gasteiger charge is 2.18. The van der Waals surface area contributed by atoms with Crippen molar-refractivity contribution < 1.29 is 9.31 Å². The summed E-state index contributed by atoms with van der Waals surface area (Å²) in [7, 11) is 0. The van der Waals surface area contributed by atoms with Gasteiger partial charge in [0.2, 0.25) is 0 Å². The maximum atomic E-state index is 13.4. The van der Waals surface area contributed by atoms with Gasteiger partial charge >= 0.3 is 0 Å². The molecule has 0 aliphatic rings. The molecule has 0 saturated carbocycles. The topological polar surface area (TPSA) is 73.8 Å². The SMILES string of the molecule is O=[N+]([O-])c1cccc(-n2nc(-c3ccc(F)cc3)c3cnc4ccc(Cl)cc4c32)c1. The molecule has 0 atom stereocenters. The minimum Gasteiger partial charge on any atom is -0.258 e. The van der Waals surface area contributed by atoms with Gasteiger partial charge in [-0.3, -0.25) is 15.1 Å². The lowest BCUT2D eigenvalue weighted by Crippen LogP contribution is -1.99. The fourth-order valence-corrected chi connectivity index (χ4v) is 3.67. The molecule has 0 unspecified atom stereocenters. The highest BCUT2D eigenvalue weighted by Crippen LogP contribution is 2.35. The zero-order chi connectivity index (χ0) is 20.8. The fourth-order valence-electron chi connectivity index (χ4n) is 3.50. The lowest BCUT2D eigenvalue weighted by atomic mass is 10.1. The molecule has 5 aromatic rings. The van der Waals surface area contributed by atoms with E-state index < -0.39 is 4.92 Å². The summed E-state index contributed by atoms with van der Waals surface area (Å²) in [6, 6.07) is 17.6. The Balaban J connectivity index is 1.89. The van der Waals surface area contributed by atoms with Gasteiger partial charge in [-0.25, -0.2) is 9.07 Å². The number of nitro benzene ring substituents is 1. The molecule has 0 radical (unpaired) electrons. The third-order valence-electron chi connectivity index (χ3n) is 4.87. The molecule has 5 rings (SSSR count). The van der Waals surface area contributed by atoms with Gasteiger partial charge in [0.15, 0.2) is 0 Å². The number of halogens is 2. The average Bonchev–Trinajstić information content (AvgIpc) is 3.14. The molecule has 0 saturated heterocycles. The number of hydrogen-bond acceptors (Lipinski definition) is 4. The minimum absolute atomic E-state index is 0.0455. The second-order valence-electron chi connectivity index (χ2n) is 6.73. The van der Waals surface area contributed by atoms with Crippen molar-refractivity contribution in [2.45, 2.75) is 0 Å². The molecule has 0 N–H and O–H groups in total. The molecule has 2 heterocycles. The van der Waals surface area contributed by atoms with E-state index in [1.807, 2.05) is 0 Å². The number of hydrogen-bond donors (Lipinski definition) is 0. The summed E-state index contributed by atoms with van der Waals surface area (Å²) in [6.07, 6.45) is 1.70. The van der Waals surface area contributed by atoms with Crippen LogP contribution in [0.1, 0.15) is 0 Å². The molecule has 30 heavy (non-hydrogen) atoms. The van der Waals surface area contributed by atoms with Crippen molar-refractivity contribution in [1.82, 2.24) is 14.8 Å².